The number of carboxylic acid groups (broad SMARTS) is 1. The summed E-state index contributed by atoms with van der Waals surface area (Å²) >= 11 is 3.17. The summed E-state index contributed by atoms with van der Waals surface area (Å²) in [5.41, 5.74) is 0. The molecule has 0 unspecified atom stereocenters. The maximum Gasteiger partial charge on any atom is 0.321 e. The number of sulfonamides is 1. The molecule has 0 fully saturated rings. The van der Waals surface area contributed by atoms with E-state index in [1.54, 1.807) is 19.1 Å². The van der Waals surface area contributed by atoms with E-state index in [9.17, 15) is 13.2 Å². The second-order valence-electron chi connectivity index (χ2n) is 3.76. The first-order valence-electron chi connectivity index (χ1n) is 5.37. The molecule has 1 aromatic carbocycles. The molecule has 0 aliphatic carbocycles. The Bertz CT molecular complexity index is 530. The summed E-state index contributed by atoms with van der Waals surface area (Å²) in [6.07, 6.45) is 0.834. The van der Waals surface area contributed by atoms with Gasteiger partial charge in [0.15, 0.2) is 0 Å². The van der Waals surface area contributed by atoms with Crippen LogP contribution in [0.4, 0.5) is 0 Å². The van der Waals surface area contributed by atoms with Crippen molar-refractivity contribution in [3.05, 3.63) is 28.7 Å². The van der Waals surface area contributed by atoms with Gasteiger partial charge in [0.2, 0.25) is 10.0 Å². The zero-order valence-corrected chi connectivity index (χ0v) is 12.2. The Labute approximate surface area is 114 Å². The number of aliphatic carboxylic acids is 1. The van der Waals surface area contributed by atoms with Crippen LogP contribution >= 0.6 is 15.9 Å². The summed E-state index contributed by atoms with van der Waals surface area (Å²) in [6.45, 7) is 1.79. The minimum Gasteiger partial charge on any atom is -0.480 e. The van der Waals surface area contributed by atoms with Crippen LogP contribution in [-0.2, 0) is 14.8 Å². The molecule has 0 bridgehead atoms. The molecule has 0 amide bonds. The van der Waals surface area contributed by atoms with Crippen LogP contribution in [0.5, 0.6) is 0 Å². The third kappa shape index (κ3) is 4.08. The molecule has 18 heavy (non-hydrogen) atoms. The van der Waals surface area contributed by atoms with E-state index in [-0.39, 0.29) is 11.3 Å². The van der Waals surface area contributed by atoms with Crippen LogP contribution in [0.2, 0.25) is 0 Å². The number of carboxylic acids is 1. The van der Waals surface area contributed by atoms with Crippen molar-refractivity contribution in [3.8, 4) is 0 Å². The molecular formula is C11H14BrNO4S. The highest BCUT2D eigenvalue weighted by Crippen LogP contribution is 2.16. The third-order valence-corrected chi connectivity index (χ3v) is 4.24. The zero-order chi connectivity index (χ0) is 13.8. The zero-order valence-electron chi connectivity index (χ0n) is 9.76. The van der Waals surface area contributed by atoms with Crippen molar-refractivity contribution in [3.63, 3.8) is 0 Å². The van der Waals surface area contributed by atoms with Gasteiger partial charge in [-0.2, -0.15) is 4.72 Å². The Morgan fingerprint density at radius 1 is 1.50 bits per heavy atom. The largest absolute Gasteiger partial charge is 0.480 e. The number of carbonyl (C=O) groups is 1. The molecule has 0 radical (unpaired) electrons. The molecule has 7 heteroatoms. The van der Waals surface area contributed by atoms with E-state index in [0.717, 1.165) is 0 Å². The summed E-state index contributed by atoms with van der Waals surface area (Å²) in [4.78, 5) is 11.0. The topological polar surface area (TPSA) is 83.5 Å². The molecule has 0 aliphatic rings. The molecule has 0 heterocycles. The first-order chi connectivity index (χ1) is 8.36. The standard InChI is InChI=1S/C11H14BrNO4S/c1-2-4-10(11(14)15)13-18(16,17)9-6-3-5-8(12)7-9/h3,5-7,10,13H,2,4H2,1H3,(H,14,15)/t10-/m1/s1. The van der Waals surface area contributed by atoms with Crippen LogP contribution in [0.3, 0.4) is 0 Å². The minimum atomic E-state index is -3.81. The molecule has 0 aliphatic heterocycles. The molecule has 0 saturated heterocycles. The van der Waals surface area contributed by atoms with Gasteiger partial charge in [0, 0.05) is 4.47 Å². The van der Waals surface area contributed by atoms with Crippen LogP contribution in [0.1, 0.15) is 19.8 Å². The van der Waals surface area contributed by atoms with Gasteiger partial charge in [-0.3, -0.25) is 4.79 Å². The second kappa shape index (κ2) is 6.31. The highest BCUT2D eigenvalue weighted by atomic mass is 79.9. The molecule has 5 nitrogen and oxygen atoms in total. The van der Waals surface area contributed by atoms with Crippen molar-refractivity contribution >= 4 is 31.9 Å². The molecule has 0 saturated carbocycles. The second-order valence-corrected chi connectivity index (χ2v) is 6.39. The van der Waals surface area contributed by atoms with Crippen molar-refractivity contribution in [2.24, 2.45) is 0 Å². The molecule has 100 valence electrons. The molecule has 0 spiro atoms. The van der Waals surface area contributed by atoms with Gasteiger partial charge in [0.05, 0.1) is 4.90 Å². The number of benzene rings is 1. The summed E-state index contributed by atoms with van der Waals surface area (Å²) in [5.74, 6) is -1.17. The minimum absolute atomic E-state index is 0.0410. The Hall–Kier alpha value is -0.920. The van der Waals surface area contributed by atoms with Gasteiger partial charge in [0.25, 0.3) is 0 Å². The lowest BCUT2D eigenvalue weighted by atomic mass is 10.2. The highest BCUT2D eigenvalue weighted by molar-refractivity contribution is 9.10. The molecule has 1 atom stereocenters. The van der Waals surface area contributed by atoms with E-state index < -0.39 is 22.0 Å². The number of hydrogen-bond acceptors (Lipinski definition) is 3. The lowest BCUT2D eigenvalue weighted by molar-refractivity contribution is -0.139. The molecule has 2 N–H and O–H groups in total. The Morgan fingerprint density at radius 2 is 2.17 bits per heavy atom. The van der Waals surface area contributed by atoms with E-state index in [2.05, 4.69) is 20.7 Å². The van der Waals surface area contributed by atoms with Crippen LogP contribution in [-0.4, -0.2) is 25.5 Å². The SMILES string of the molecule is CCC[C@@H](NS(=O)(=O)c1cccc(Br)c1)C(=O)O. The lowest BCUT2D eigenvalue weighted by Crippen LogP contribution is -2.40. The third-order valence-electron chi connectivity index (χ3n) is 2.28. The maximum atomic E-state index is 12.0. The number of halogens is 1. The Kier molecular flexibility index (Phi) is 5.30. The fourth-order valence-electron chi connectivity index (χ4n) is 1.41. The molecular weight excluding hydrogens is 322 g/mol. The average Bonchev–Trinajstić information content (AvgIpc) is 2.28. The van der Waals surface area contributed by atoms with Crippen molar-refractivity contribution in [1.29, 1.82) is 0 Å². The predicted octanol–water partition coefficient (Wildman–Crippen LogP) is 1.98. The Balaban J connectivity index is 2.97. The van der Waals surface area contributed by atoms with Gasteiger partial charge in [-0.05, 0) is 24.6 Å². The fourth-order valence-corrected chi connectivity index (χ4v) is 3.23. The van der Waals surface area contributed by atoms with E-state index in [4.69, 9.17) is 5.11 Å². The van der Waals surface area contributed by atoms with Crippen molar-refractivity contribution in [2.75, 3.05) is 0 Å². The van der Waals surface area contributed by atoms with Crippen molar-refractivity contribution in [2.45, 2.75) is 30.7 Å². The molecule has 1 aromatic rings. The van der Waals surface area contributed by atoms with Crippen LogP contribution in [0.15, 0.2) is 33.6 Å². The summed E-state index contributed by atoms with van der Waals surface area (Å²) in [6, 6.07) is 5.01. The van der Waals surface area contributed by atoms with E-state index in [0.29, 0.717) is 10.9 Å². The van der Waals surface area contributed by atoms with Gasteiger partial charge < -0.3 is 5.11 Å². The molecule has 1 rings (SSSR count). The lowest BCUT2D eigenvalue weighted by Gasteiger charge is -2.14. The number of rotatable bonds is 6. The van der Waals surface area contributed by atoms with Crippen LogP contribution in [0.25, 0.3) is 0 Å². The summed E-state index contributed by atoms with van der Waals surface area (Å²) < 4.78 is 26.8. The van der Waals surface area contributed by atoms with Gasteiger partial charge in [0.1, 0.15) is 6.04 Å². The monoisotopic (exact) mass is 335 g/mol. The van der Waals surface area contributed by atoms with Crippen molar-refractivity contribution < 1.29 is 18.3 Å². The highest BCUT2D eigenvalue weighted by Gasteiger charge is 2.24. The van der Waals surface area contributed by atoms with Crippen molar-refractivity contribution in [1.82, 2.24) is 4.72 Å². The number of nitrogens with one attached hydrogen (secondary N) is 1. The first-order valence-corrected chi connectivity index (χ1v) is 7.65. The maximum absolute atomic E-state index is 12.0. The van der Waals surface area contributed by atoms with Gasteiger partial charge in [-0.15, -0.1) is 0 Å². The van der Waals surface area contributed by atoms with Crippen LogP contribution < -0.4 is 4.72 Å². The predicted molar refractivity (Wildman–Crippen MR) is 70.8 cm³/mol. The summed E-state index contributed by atoms with van der Waals surface area (Å²) in [7, 11) is -3.81. The Morgan fingerprint density at radius 3 is 2.67 bits per heavy atom. The average molecular weight is 336 g/mol. The van der Waals surface area contributed by atoms with E-state index in [1.165, 1.54) is 12.1 Å². The summed E-state index contributed by atoms with van der Waals surface area (Å²) in [5, 5.41) is 8.93. The van der Waals surface area contributed by atoms with Crippen LogP contribution in [0, 0.1) is 0 Å². The normalized spacial score (nSPS) is 13.2. The van der Waals surface area contributed by atoms with Gasteiger partial charge in [-0.1, -0.05) is 35.3 Å². The first kappa shape index (κ1) is 15.1. The van der Waals surface area contributed by atoms with Gasteiger partial charge >= 0.3 is 5.97 Å². The fraction of sp³-hybridized carbons (Fsp3) is 0.364. The molecule has 0 aromatic heterocycles. The van der Waals surface area contributed by atoms with E-state index in [1.807, 2.05) is 0 Å². The number of hydrogen-bond donors (Lipinski definition) is 2. The van der Waals surface area contributed by atoms with E-state index >= 15 is 0 Å². The van der Waals surface area contributed by atoms with Gasteiger partial charge in [-0.25, -0.2) is 8.42 Å². The quantitative estimate of drug-likeness (QED) is 0.832. The smallest absolute Gasteiger partial charge is 0.321 e.